The molecule has 2 atom stereocenters. The van der Waals surface area contributed by atoms with Gasteiger partial charge in [-0.1, -0.05) is 33.1 Å². The van der Waals surface area contributed by atoms with Gasteiger partial charge < -0.3 is 5.32 Å². The Morgan fingerprint density at radius 2 is 1.80 bits per heavy atom. The van der Waals surface area contributed by atoms with Crippen LogP contribution in [0.1, 0.15) is 65.2 Å². The van der Waals surface area contributed by atoms with Crippen LogP contribution in [0.25, 0.3) is 0 Å². The van der Waals surface area contributed by atoms with Gasteiger partial charge in [0, 0.05) is 31.7 Å². The lowest BCUT2D eigenvalue weighted by molar-refractivity contribution is 0.0633. The lowest BCUT2D eigenvalue weighted by Crippen LogP contribution is -2.59. The molecule has 0 aromatic carbocycles. The molecule has 2 heteroatoms. The normalized spacial score (nSPS) is 33.8. The predicted molar refractivity (Wildman–Crippen MR) is 85.9 cm³/mol. The molecule has 1 heterocycles. The first-order chi connectivity index (χ1) is 9.72. The van der Waals surface area contributed by atoms with E-state index in [4.69, 9.17) is 0 Å². The van der Waals surface area contributed by atoms with Crippen LogP contribution in [-0.4, -0.2) is 36.6 Å². The van der Waals surface area contributed by atoms with Crippen molar-refractivity contribution in [1.29, 1.82) is 0 Å². The lowest BCUT2D eigenvalue weighted by Gasteiger charge is -2.45. The van der Waals surface area contributed by atoms with E-state index in [2.05, 4.69) is 24.1 Å². The summed E-state index contributed by atoms with van der Waals surface area (Å²) in [6.07, 6.45) is 11.8. The minimum atomic E-state index is 0.744. The topological polar surface area (TPSA) is 15.3 Å². The van der Waals surface area contributed by atoms with Gasteiger partial charge in [0.25, 0.3) is 0 Å². The second-order valence-electron chi connectivity index (χ2n) is 8.10. The molecule has 3 rings (SSSR count). The monoisotopic (exact) mass is 278 g/mol. The van der Waals surface area contributed by atoms with E-state index < -0.39 is 0 Å². The van der Waals surface area contributed by atoms with Crippen LogP contribution in [0.2, 0.25) is 0 Å². The number of hydrogen-bond acceptors (Lipinski definition) is 2. The Hall–Kier alpha value is -0.0800. The van der Waals surface area contributed by atoms with Crippen LogP contribution in [0.4, 0.5) is 0 Å². The van der Waals surface area contributed by atoms with E-state index in [9.17, 15) is 0 Å². The molecule has 2 saturated carbocycles. The van der Waals surface area contributed by atoms with Gasteiger partial charge in [0.2, 0.25) is 0 Å². The third-order valence-corrected chi connectivity index (χ3v) is 5.68. The fourth-order valence-electron chi connectivity index (χ4n) is 4.45. The van der Waals surface area contributed by atoms with Gasteiger partial charge in [-0.3, -0.25) is 4.90 Å². The second-order valence-corrected chi connectivity index (χ2v) is 8.10. The van der Waals surface area contributed by atoms with Gasteiger partial charge in [-0.25, -0.2) is 0 Å². The third kappa shape index (κ3) is 3.98. The maximum Gasteiger partial charge on any atom is 0.0249 e. The van der Waals surface area contributed by atoms with Crippen molar-refractivity contribution in [2.45, 2.75) is 77.3 Å². The van der Waals surface area contributed by atoms with E-state index in [1.807, 2.05) is 0 Å². The van der Waals surface area contributed by atoms with Crippen LogP contribution >= 0.6 is 0 Å². The molecule has 0 aromatic rings. The Labute approximate surface area is 125 Å². The maximum atomic E-state index is 3.88. The average molecular weight is 278 g/mol. The fraction of sp³-hybridized carbons (Fsp3) is 1.00. The summed E-state index contributed by atoms with van der Waals surface area (Å²) < 4.78 is 0. The van der Waals surface area contributed by atoms with Crippen molar-refractivity contribution in [1.82, 2.24) is 10.2 Å². The highest BCUT2D eigenvalue weighted by molar-refractivity contribution is 4.93. The zero-order valence-electron chi connectivity index (χ0n) is 13.6. The summed E-state index contributed by atoms with van der Waals surface area (Å²) in [5.41, 5.74) is 0. The zero-order chi connectivity index (χ0) is 13.9. The Bertz CT molecular complexity index is 292. The molecule has 3 aliphatic rings. The van der Waals surface area contributed by atoms with Gasteiger partial charge >= 0.3 is 0 Å². The maximum absolute atomic E-state index is 3.88. The Morgan fingerprint density at radius 1 is 1.05 bits per heavy atom. The molecular weight excluding hydrogens is 244 g/mol. The van der Waals surface area contributed by atoms with E-state index in [0.717, 1.165) is 29.8 Å². The number of nitrogens with zero attached hydrogens (tertiary/aromatic N) is 1. The van der Waals surface area contributed by atoms with Crippen molar-refractivity contribution in [2.24, 2.45) is 17.8 Å². The van der Waals surface area contributed by atoms with Crippen LogP contribution in [-0.2, 0) is 0 Å². The van der Waals surface area contributed by atoms with E-state index in [1.165, 1.54) is 71.0 Å². The van der Waals surface area contributed by atoms with Crippen LogP contribution in [0, 0.1) is 17.8 Å². The molecule has 2 unspecified atom stereocenters. The van der Waals surface area contributed by atoms with Crippen molar-refractivity contribution in [3.8, 4) is 0 Å². The first-order valence-electron chi connectivity index (χ1n) is 9.20. The van der Waals surface area contributed by atoms with E-state index in [1.54, 1.807) is 0 Å². The molecular formula is C18H34N2. The van der Waals surface area contributed by atoms with Gasteiger partial charge in [-0.2, -0.15) is 0 Å². The molecule has 1 N–H and O–H groups in total. The Balaban J connectivity index is 1.59. The van der Waals surface area contributed by atoms with Gasteiger partial charge in [0.1, 0.15) is 0 Å². The first-order valence-corrected chi connectivity index (χ1v) is 9.20. The van der Waals surface area contributed by atoms with Crippen LogP contribution in [0.5, 0.6) is 0 Å². The first kappa shape index (κ1) is 14.8. The van der Waals surface area contributed by atoms with Gasteiger partial charge in [0.15, 0.2) is 0 Å². The number of rotatable bonds is 5. The highest BCUT2D eigenvalue weighted by Crippen LogP contribution is 2.35. The van der Waals surface area contributed by atoms with Crippen molar-refractivity contribution in [2.75, 3.05) is 19.6 Å². The number of nitrogens with one attached hydrogen (secondary N) is 1. The standard InChI is InChI=1S/C18H34N2/c1-14(2)10-17-13-20(12-15-8-9-15)18(11-19-17)16-6-4-3-5-7-16/h14-19H,3-13H2,1-2H3. The van der Waals surface area contributed by atoms with Crippen molar-refractivity contribution < 1.29 is 0 Å². The van der Waals surface area contributed by atoms with E-state index >= 15 is 0 Å². The van der Waals surface area contributed by atoms with Crippen molar-refractivity contribution >= 4 is 0 Å². The average Bonchev–Trinajstić information content (AvgIpc) is 3.23. The molecule has 0 spiro atoms. The van der Waals surface area contributed by atoms with Crippen LogP contribution in [0.3, 0.4) is 0 Å². The minimum Gasteiger partial charge on any atom is -0.311 e. The minimum absolute atomic E-state index is 0.744. The molecule has 1 aliphatic heterocycles. The summed E-state index contributed by atoms with van der Waals surface area (Å²) in [7, 11) is 0. The second kappa shape index (κ2) is 6.79. The Morgan fingerprint density at radius 3 is 2.45 bits per heavy atom. The smallest absolute Gasteiger partial charge is 0.0249 e. The summed E-state index contributed by atoms with van der Waals surface area (Å²) in [6, 6.07) is 1.59. The summed E-state index contributed by atoms with van der Waals surface area (Å²) in [4.78, 5) is 2.90. The third-order valence-electron chi connectivity index (χ3n) is 5.68. The number of hydrogen-bond donors (Lipinski definition) is 1. The quantitative estimate of drug-likeness (QED) is 0.825. The number of piperazine rings is 1. The molecule has 0 amide bonds. The van der Waals surface area contributed by atoms with Crippen molar-refractivity contribution in [3.05, 3.63) is 0 Å². The molecule has 20 heavy (non-hydrogen) atoms. The summed E-state index contributed by atoms with van der Waals surface area (Å²) in [6.45, 7) is 8.70. The Kier molecular flexibility index (Phi) is 5.04. The van der Waals surface area contributed by atoms with Gasteiger partial charge in [-0.15, -0.1) is 0 Å². The molecule has 2 nitrogen and oxygen atoms in total. The van der Waals surface area contributed by atoms with Crippen LogP contribution < -0.4 is 5.32 Å². The van der Waals surface area contributed by atoms with Crippen molar-refractivity contribution in [3.63, 3.8) is 0 Å². The molecule has 116 valence electrons. The molecule has 0 bridgehead atoms. The summed E-state index contributed by atoms with van der Waals surface area (Å²) in [5.74, 6) is 2.84. The SMILES string of the molecule is CC(C)CC1CN(CC2CC2)C(C2CCCCC2)CN1. The zero-order valence-corrected chi connectivity index (χ0v) is 13.6. The molecule has 0 radical (unpaired) electrons. The van der Waals surface area contributed by atoms with E-state index in [0.29, 0.717) is 0 Å². The lowest BCUT2D eigenvalue weighted by atomic mass is 9.81. The van der Waals surface area contributed by atoms with Gasteiger partial charge in [0.05, 0.1) is 0 Å². The highest BCUT2D eigenvalue weighted by atomic mass is 15.2. The summed E-state index contributed by atoms with van der Waals surface area (Å²) >= 11 is 0. The molecule has 1 saturated heterocycles. The van der Waals surface area contributed by atoms with Crippen LogP contribution in [0.15, 0.2) is 0 Å². The fourth-order valence-corrected chi connectivity index (χ4v) is 4.45. The highest BCUT2D eigenvalue weighted by Gasteiger charge is 2.36. The molecule has 0 aromatic heterocycles. The van der Waals surface area contributed by atoms with Gasteiger partial charge in [-0.05, 0) is 49.9 Å². The van der Waals surface area contributed by atoms with E-state index in [-0.39, 0.29) is 0 Å². The molecule has 3 fully saturated rings. The summed E-state index contributed by atoms with van der Waals surface area (Å²) in [5, 5.41) is 3.88. The predicted octanol–water partition coefficient (Wildman–Crippen LogP) is 3.67. The molecule has 2 aliphatic carbocycles. The largest absolute Gasteiger partial charge is 0.311 e.